The van der Waals surface area contributed by atoms with E-state index in [-0.39, 0.29) is 11.9 Å². The number of nitrogens with zero attached hydrogens (tertiary/aromatic N) is 4. The number of nitrogens with one attached hydrogen (secondary N) is 1. The maximum absolute atomic E-state index is 13.1. The van der Waals surface area contributed by atoms with Gasteiger partial charge in [0.15, 0.2) is 0 Å². The van der Waals surface area contributed by atoms with Crippen molar-refractivity contribution in [3.63, 3.8) is 0 Å². The summed E-state index contributed by atoms with van der Waals surface area (Å²) in [5, 5.41) is 3.37. The summed E-state index contributed by atoms with van der Waals surface area (Å²) >= 11 is 0. The van der Waals surface area contributed by atoms with Crippen LogP contribution in [0.4, 0.5) is 5.82 Å². The molecule has 1 atom stereocenters. The Morgan fingerprint density at radius 1 is 1.31 bits per heavy atom. The third kappa shape index (κ3) is 4.02. The number of anilines is 1. The van der Waals surface area contributed by atoms with E-state index in [1.807, 2.05) is 35.4 Å². The summed E-state index contributed by atoms with van der Waals surface area (Å²) in [5.41, 5.74) is 1.69. The van der Waals surface area contributed by atoms with E-state index >= 15 is 0 Å². The fraction of sp³-hybridized carbons (Fsp3) is 0.450. The van der Waals surface area contributed by atoms with Crippen molar-refractivity contribution < 1.29 is 4.79 Å². The summed E-state index contributed by atoms with van der Waals surface area (Å²) in [6.45, 7) is 8.38. The highest BCUT2D eigenvalue weighted by Gasteiger charge is 2.28. The van der Waals surface area contributed by atoms with Crippen molar-refractivity contribution in [1.29, 1.82) is 0 Å². The fourth-order valence-corrected chi connectivity index (χ4v) is 3.39. The molecule has 1 unspecified atom stereocenters. The predicted octanol–water partition coefficient (Wildman–Crippen LogP) is 2.50. The van der Waals surface area contributed by atoms with Crippen LogP contribution in [0.3, 0.4) is 0 Å². The van der Waals surface area contributed by atoms with E-state index in [1.54, 1.807) is 12.4 Å². The van der Waals surface area contributed by atoms with Crippen molar-refractivity contribution in [2.24, 2.45) is 0 Å². The molecule has 26 heavy (non-hydrogen) atoms. The molecule has 138 valence electrons. The number of amides is 1. The highest BCUT2D eigenvalue weighted by atomic mass is 16.2. The third-order valence-corrected chi connectivity index (χ3v) is 4.77. The lowest BCUT2D eigenvalue weighted by atomic mass is 10.0. The van der Waals surface area contributed by atoms with E-state index in [9.17, 15) is 4.79 Å². The predicted molar refractivity (Wildman–Crippen MR) is 103 cm³/mol. The molecule has 0 spiro atoms. The molecule has 1 fully saturated rings. The molecule has 0 radical (unpaired) electrons. The smallest absolute Gasteiger partial charge is 0.256 e. The first-order valence-electron chi connectivity index (χ1n) is 9.37. The number of carbonyl (C=O) groups is 1. The zero-order chi connectivity index (χ0) is 18.4. The zero-order valence-electron chi connectivity index (χ0n) is 15.6. The van der Waals surface area contributed by atoms with Crippen LogP contribution in [0.15, 0.2) is 42.9 Å². The van der Waals surface area contributed by atoms with Gasteiger partial charge in [0.1, 0.15) is 5.82 Å². The Morgan fingerprint density at radius 2 is 2.19 bits per heavy atom. The number of piperazine rings is 1. The molecule has 0 saturated carbocycles. The second-order valence-corrected chi connectivity index (χ2v) is 6.49. The number of carbonyl (C=O) groups excluding carboxylic acids is 1. The summed E-state index contributed by atoms with van der Waals surface area (Å²) in [6.07, 6.45) is 6.37. The van der Waals surface area contributed by atoms with Crippen LogP contribution >= 0.6 is 0 Å². The van der Waals surface area contributed by atoms with E-state index in [2.05, 4.69) is 34.0 Å². The molecule has 1 saturated heterocycles. The first kappa shape index (κ1) is 18.3. The van der Waals surface area contributed by atoms with Gasteiger partial charge < -0.3 is 15.1 Å². The van der Waals surface area contributed by atoms with E-state index in [1.165, 1.54) is 0 Å². The first-order valence-corrected chi connectivity index (χ1v) is 9.37. The maximum Gasteiger partial charge on any atom is 0.256 e. The molecule has 3 rings (SSSR count). The third-order valence-electron chi connectivity index (χ3n) is 4.77. The maximum atomic E-state index is 13.1. The minimum Gasteiger partial charge on any atom is -0.357 e. The minimum absolute atomic E-state index is 0.00291. The Hall–Kier alpha value is -2.47. The highest BCUT2D eigenvalue weighted by Crippen LogP contribution is 2.24. The molecule has 1 aliphatic rings. The van der Waals surface area contributed by atoms with E-state index < -0.39 is 0 Å². The molecule has 0 aliphatic carbocycles. The molecule has 6 heteroatoms. The van der Waals surface area contributed by atoms with Crippen molar-refractivity contribution in [3.05, 3.63) is 54.0 Å². The quantitative estimate of drug-likeness (QED) is 0.865. The van der Waals surface area contributed by atoms with Gasteiger partial charge in [0, 0.05) is 51.3 Å². The van der Waals surface area contributed by atoms with Crippen LogP contribution in [-0.2, 0) is 0 Å². The Kier molecular flexibility index (Phi) is 6.17. The van der Waals surface area contributed by atoms with Crippen molar-refractivity contribution >= 4 is 11.7 Å². The zero-order valence-corrected chi connectivity index (χ0v) is 15.6. The standard InChI is InChI=1S/C20H27N5O/c1-3-11-24(4-2)19-8-7-17(14-23-19)20(26)25-12-10-22-15-18(25)16-6-5-9-21-13-16/h5-9,13-14,18,22H,3-4,10-12,15H2,1-2H3. The van der Waals surface area contributed by atoms with E-state index in [0.29, 0.717) is 12.1 Å². The van der Waals surface area contributed by atoms with Crippen molar-refractivity contribution in [1.82, 2.24) is 20.2 Å². The normalized spacial score (nSPS) is 17.2. The molecule has 3 heterocycles. The lowest BCUT2D eigenvalue weighted by Crippen LogP contribution is -2.48. The number of pyridine rings is 2. The molecule has 1 amide bonds. The summed E-state index contributed by atoms with van der Waals surface area (Å²) in [5.74, 6) is 0.952. The molecule has 6 nitrogen and oxygen atoms in total. The summed E-state index contributed by atoms with van der Waals surface area (Å²) in [6, 6.07) is 7.78. The topological polar surface area (TPSA) is 61.4 Å². The monoisotopic (exact) mass is 353 g/mol. The molecule has 1 aliphatic heterocycles. The average molecular weight is 353 g/mol. The van der Waals surface area contributed by atoms with E-state index in [4.69, 9.17) is 0 Å². The van der Waals surface area contributed by atoms with Crippen LogP contribution in [0.2, 0.25) is 0 Å². The Bertz CT molecular complexity index is 704. The van der Waals surface area contributed by atoms with Gasteiger partial charge in [-0.1, -0.05) is 13.0 Å². The van der Waals surface area contributed by atoms with Gasteiger partial charge in [-0.15, -0.1) is 0 Å². The molecule has 2 aromatic rings. The number of aromatic nitrogens is 2. The second kappa shape index (κ2) is 8.76. The van der Waals surface area contributed by atoms with Crippen LogP contribution in [0, 0.1) is 0 Å². The Balaban J connectivity index is 1.78. The molecular formula is C20H27N5O. The van der Waals surface area contributed by atoms with Crippen molar-refractivity contribution in [3.8, 4) is 0 Å². The van der Waals surface area contributed by atoms with Gasteiger partial charge in [-0.05, 0) is 37.1 Å². The van der Waals surface area contributed by atoms with Crippen LogP contribution in [0.25, 0.3) is 0 Å². The largest absolute Gasteiger partial charge is 0.357 e. The lowest BCUT2D eigenvalue weighted by Gasteiger charge is -2.36. The lowest BCUT2D eigenvalue weighted by molar-refractivity contribution is 0.0633. The van der Waals surface area contributed by atoms with Crippen LogP contribution < -0.4 is 10.2 Å². The second-order valence-electron chi connectivity index (χ2n) is 6.49. The van der Waals surface area contributed by atoms with Crippen molar-refractivity contribution in [2.75, 3.05) is 37.6 Å². The van der Waals surface area contributed by atoms with Gasteiger partial charge in [0.2, 0.25) is 0 Å². The number of hydrogen-bond donors (Lipinski definition) is 1. The van der Waals surface area contributed by atoms with Crippen molar-refractivity contribution in [2.45, 2.75) is 26.3 Å². The van der Waals surface area contributed by atoms with Gasteiger partial charge in [-0.3, -0.25) is 9.78 Å². The summed E-state index contributed by atoms with van der Waals surface area (Å²) in [4.78, 5) is 26.0. The van der Waals surface area contributed by atoms with Gasteiger partial charge in [0.25, 0.3) is 5.91 Å². The fourth-order valence-electron chi connectivity index (χ4n) is 3.39. The molecule has 0 aromatic carbocycles. The molecule has 0 bridgehead atoms. The van der Waals surface area contributed by atoms with Crippen LogP contribution in [0.1, 0.15) is 42.2 Å². The van der Waals surface area contributed by atoms with Crippen LogP contribution in [0.5, 0.6) is 0 Å². The van der Waals surface area contributed by atoms with Gasteiger partial charge >= 0.3 is 0 Å². The Morgan fingerprint density at radius 3 is 2.85 bits per heavy atom. The van der Waals surface area contributed by atoms with E-state index in [0.717, 1.165) is 44.0 Å². The minimum atomic E-state index is -0.00291. The van der Waals surface area contributed by atoms with Gasteiger partial charge in [-0.25, -0.2) is 4.98 Å². The summed E-state index contributed by atoms with van der Waals surface area (Å²) in [7, 11) is 0. The molecule has 2 aromatic heterocycles. The molecular weight excluding hydrogens is 326 g/mol. The van der Waals surface area contributed by atoms with Gasteiger partial charge in [0.05, 0.1) is 11.6 Å². The summed E-state index contributed by atoms with van der Waals surface area (Å²) < 4.78 is 0. The van der Waals surface area contributed by atoms with Crippen LogP contribution in [-0.4, -0.2) is 53.5 Å². The van der Waals surface area contributed by atoms with Gasteiger partial charge in [-0.2, -0.15) is 0 Å². The molecule has 1 N–H and O–H groups in total. The number of rotatable bonds is 6. The average Bonchev–Trinajstić information content (AvgIpc) is 2.72. The first-order chi connectivity index (χ1) is 12.7. The number of hydrogen-bond acceptors (Lipinski definition) is 5. The highest BCUT2D eigenvalue weighted by molar-refractivity contribution is 5.94. The Labute approximate surface area is 155 Å². The SMILES string of the molecule is CCCN(CC)c1ccc(C(=O)N2CCNCC2c2cccnc2)cn1.